The molecule has 0 saturated heterocycles. The van der Waals surface area contributed by atoms with Crippen molar-refractivity contribution >= 4 is 35.0 Å². The lowest BCUT2D eigenvalue weighted by molar-refractivity contribution is -0.141. The number of benzene rings is 2. The molecule has 0 aromatic heterocycles. The van der Waals surface area contributed by atoms with Gasteiger partial charge in [0.05, 0.1) is 0 Å². The molecule has 2 aromatic carbocycles. The lowest BCUT2D eigenvalue weighted by Crippen LogP contribution is -2.49. The van der Waals surface area contributed by atoms with Crippen molar-refractivity contribution in [1.82, 2.24) is 10.2 Å². The Morgan fingerprint density at radius 2 is 1.67 bits per heavy atom. The molecule has 0 spiro atoms. The SMILES string of the molecule is CCCCNC(=O)C(CC)N(Cc1c(Cl)cccc1Cl)C(=O)CCc1ccccc1. The van der Waals surface area contributed by atoms with Gasteiger partial charge in [0.15, 0.2) is 0 Å². The van der Waals surface area contributed by atoms with E-state index in [1.165, 1.54) is 0 Å². The van der Waals surface area contributed by atoms with Gasteiger partial charge in [-0.25, -0.2) is 0 Å². The molecule has 0 aliphatic carbocycles. The molecule has 1 N–H and O–H groups in total. The third-order valence-corrected chi connectivity index (χ3v) is 5.78. The number of nitrogens with zero attached hydrogens (tertiary/aromatic N) is 1. The summed E-state index contributed by atoms with van der Waals surface area (Å²) in [6.07, 6.45) is 3.33. The van der Waals surface area contributed by atoms with Crippen molar-refractivity contribution in [3.05, 3.63) is 69.7 Å². The fourth-order valence-electron chi connectivity index (χ4n) is 3.32. The van der Waals surface area contributed by atoms with Gasteiger partial charge >= 0.3 is 0 Å². The van der Waals surface area contributed by atoms with E-state index in [0.29, 0.717) is 41.4 Å². The number of rotatable bonds is 11. The minimum atomic E-state index is -0.572. The van der Waals surface area contributed by atoms with Crippen molar-refractivity contribution in [2.45, 2.75) is 58.5 Å². The maximum Gasteiger partial charge on any atom is 0.242 e. The minimum Gasteiger partial charge on any atom is -0.354 e. The van der Waals surface area contributed by atoms with Crippen LogP contribution in [0.25, 0.3) is 0 Å². The van der Waals surface area contributed by atoms with Crippen molar-refractivity contribution < 1.29 is 9.59 Å². The van der Waals surface area contributed by atoms with Gasteiger partial charge in [-0.1, -0.05) is 79.9 Å². The summed E-state index contributed by atoms with van der Waals surface area (Å²) >= 11 is 12.7. The van der Waals surface area contributed by atoms with Crippen LogP contribution in [-0.2, 0) is 22.6 Å². The van der Waals surface area contributed by atoms with Gasteiger partial charge in [-0.2, -0.15) is 0 Å². The second-order valence-electron chi connectivity index (χ2n) is 7.28. The molecule has 30 heavy (non-hydrogen) atoms. The summed E-state index contributed by atoms with van der Waals surface area (Å²) in [5.41, 5.74) is 1.75. The topological polar surface area (TPSA) is 49.4 Å². The summed E-state index contributed by atoms with van der Waals surface area (Å²) in [6, 6.07) is 14.5. The molecular formula is C24H30Cl2N2O2. The highest BCUT2D eigenvalue weighted by Gasteiger charge is 2.29. The largest absolute Gasteiger partial charge is 0.354 e. The van der Waals surface area contributed by atoms with Crippen LogP contribution >= 0.6 is 23.2 Å². The lowest BCUT2D eigenvalue weighted by Gasteiger charge is -2.31. The predicted molar refractivity (Wildman–Crippen MR) is 124 cm³/mol. The Morgan fingerprint density at radius 3 is 2.27 bits per heavy atom. The molecule has 1 unspecified atom stereocenters. The molecule has 0 aliphatic rings. The van der Waals surface area contributed by atoms with Gasteiger partial charge in [0, 0.05) is 35.1 Å². The summed E-state index contributed by atoms with van der Waals surface area (Å²) in [5, 5.41) is 3.94. The number of hydrogen-bond donors (Lipinski definition) is 1. The number of carbonyl (C=O) groups is 2. The first kappa shape index (κ1) is 24.2. The van der Waals surface area contributed by atoms with Crippen molar-refractivity contribution in [2.24, 2.45) is 0 Å². The zero-order chi connectivity index (χ0) is 21.9. The summed E-state index contributed by atoms with van der Waals surface area (Å²) in [6.45, 7) is 4.79. The molecule has 0 aliphatic heterocycles. The Bertz CT molecular complexity index is 807. The van der Waals surface area contributed by atoms with E-state index in [9.17, 15) is 9.59 Å². The van der Waals surface area contributed by atoms with Crippen molar-refractivity contribution in [2.75, 3.05) is 6.54 Å². The first-order valence-corrected chi connectivity index (χ1v) is 11.3. The second kappa shape index (κ2) is 12.6. The lowest BCUT2D eigenvalue weighted by atomic mass is 10.1. The Labute approximate surface area is 189 Å². The Balaban J connectivity index is 2.23. The minimum absolute atomic E-state index is 0.0904. The Morgan fingerprint density at radius 1 is 1.00 bits per heavy atom. The number of aryl methyl sites for hydroxylation is 1. The van der Waals surface area contributed by atoms with E-state index in [-0.39, 0.29) is 18.4 Å². The molecule has 2 aromatic rings. The van der Waals surface area contributed by atoms with Crippen LogP contribution in [0.5, 0.6) is 0 Å². The standard InChI is InChI=1S/C24H30Cl2N2O2/c1-3-5-16-27-24(30)22(4-2)28(17-19-20(25)12-9-13-21(19)26)23(29)15-14-18-10-7-6-8-11-18/h6-13,22H,3-5,14-17H2,1-2H3,(H,27,30). The fraction of sp³-hybridized carbons (Fsp3) is 0.417. The second-order valence-corrected chi connectivity index (χ2v) is 8.09. The molecule has 0 saturated carbocycles. The molecule has 6 heteroatoms. The molecule has 0 bridgehead atoms. The van der Waals surface area contributed by atoms with Crippen molar-refractivity contribution in [3.63, 3.8) is 0 Å². The van der Waals surface area contributed by atoms with Gasteiger partial charge in [0.25, 0.3) is 0 Å². The van der Waals surface area contributed by atoms with Gasteiger partial charge in [0.2, 0.25) is 11.8 Å². The number of amides is 2. The highest BCUT2D eigenvalue weighted by atomic mass is 35.5. The zero-order valence-corrected chi connectivity index (χ0v) is 19.2. The molecule has 0 heterocycles. The van der Waals surface area contributed by atoms with Gasteiger partial charge in [-0.15, -0.1) is 0 Å². The van der Waals surface area contributed by atoms with Crippen LogP contribution in [0, 0.1) is 0 Å². The number of carbonyl (C=O) groups excluding carboxylic acids is 2. The maximum atomic E-state index is 13.2. The first-order chi connectivity index (χ1) is 14.5. The van der Waals surface area contributed by atoms with Crippen LogP contribution in [0.15, 0.2) is 48.5 Å². The average molecular weight is 449 g/mol. The highest BCUT2D eigenvalue weighted by Crippen LogP contribution is 2.27. The monoisotopic (exact) mass is 448 g/mol. The normalized spacial score (nSPS) is 11.7. The number of halogens is 2. The van der Waals surface area contributed by atoms with Crippen LogP contribution < -0.4 is 5.32 Å². The van der Waals surface area contributed by atoms with Gasteiger partial charge < -0.3 is 10.2 Å². The van der Waals surface area contributed by atoms with Gasteiger partial charge in [-0.05, 0) is 37.0 Å². The molecule has 162 valence electrons. The number of nitrogens with one attached hydrogen (secondary N) is 1. The van der Waals surface area contributed by atoms with Crippen molar-refractivity contribution in [1.29, 1.82) is 0 Å². The molecule has 4 nitrogen and oxygen atoms in total. The molecule has 0 radical (unpaired) electrons. The molecular weight excluding hydrogens is 419 g/mol. The molecule has 2 rings (SSSR count). The highest BCUT2D eigenvalue weighted by molar-refractivity contribution is 6.36. The van der Waals surface area contributed by atoms with E-state index < -0.39 is 6.04 Å². The van der Waals surface area contributed by atoms with E-state index in [1.54, 1.807) is 23.1 Å². The first-order valence-electron chi connectivity index (χ1n) is 10.5. The predicted octanol–water partition coefficient (Wildman–Crippen LogP) is 5.65. The van der Waals surface area contributed by atoms with Crippen LogP contribution in [0.4, 0.5) is 0 Å². The van der Waals surface area contributed by atoms with E-state index in [1.807, 2.05) is 37.3 Å². The fourth-order valence-corrected chi connectivity index (χ4v) is 3.84. The van der Waals surface area contributed by atoms with Crippen LogP contribution in [-0.4, -0.2) is 29.3 Å². The van der Waals surface area contributed by atoms with Crippen LogP contribution in [0.3, 0.4) is 0 Å². The summed E-state index contributed by atoms with van der Waals surface area (Å²) in [7, 11) is 0. The summed E-state index contributed by atoms with van der Waals surface area (Å²) in [5.74, 6) is -0.227. The van der Waals surface area contributed by atoms with E-state index >= 15 is 0 Å². The van der Waals surface area contributed by atoms with E-state index in [2.05, 4.69) is 12.2 Å². The third-order valence-electron chi connectivity index (χ3n) is 5.08. The molecule has 0 fully saturated rings. The van der Waals surface area contributed by atoms with E-state index in [0.717, 1.165) is 18.4 Å². The van der Waals surface area contributed by atoms with Gasteiger partial charge in [0.1, 0.15) is 6.04 Å². The maximum absolute atomic E-state index is 13.2. The van der Waals surface area contributed by atoms with Crippen LogP contribution in [0.2, 0.25) is 10.0 Å². The van der Waals surface area contributed by atoms with E-state index in [4.69, 9.17) is 23.2 Å². The molecule has 2 amide bonds. The average Bonchev–Trinajstić information content (AvgIpc) is 2.75. The van der Waals surface area contributed by atoms with Crippen molar-refractivity contribution in [3.8, 4) is 0 Å². The summed E-state index contributed by atoms with van der Waals surface area (Å²) in [4.78, 5) is 27.7. The zero-order valence-electron chi connectivity index (χ0n) is 17.7. The Hall–Kier alpha value is -2.04. The summed E-state index contributed by atoms with van der Waals surface area (Å²) < 4.78 is 0. The van der Waals surface area contributed by atoms with Gasteiger partial charge in [-0.3, -0.25) is 9.59 Å². The van der Waals surface area contributed by atoms with Crippen LogP contribution in [0.1, 0.15) is 50.7 Å². The number of unbranched alkanes of at least 4 members (excludes halogenated alkanes) is 1. The molecule has 1 atom stereocenters. The Kier molecular flexibility index (Phi) is 10.2. The third kappa shape index (κ3) is 7.03. The smallest absolute Gasteiger partial charge is 0.242 e. The number of hydrogen-bond acceptors (Lipinski definition) is 2. The quantitative estimate of drug-likeness (QED) is 0.451.